The van der Waals surface area contributed by atoms with E-state index in [1.165, 1.54) is 0 Å². The summed E-state index contributed by atoms with van der Waals surface area (Å²) in [6.07, 6.45) is 0.757. The molecule has 4 nitrogen and oxygen atoms in total. The Morgan fingerprint density at radius 1 is 1.62 bits per heavy atom. The molecule has 0 spiro atoms. The maximum Gasteiger partial charge on any atom is 0.323 e. The first-order chi connectivity index (χ1) is 6.11. The van der Waals surface area contributed by atoms with Crippen molar-refractivity contribution in [1.82, 2.24) is 5.32 Å². The number of hydrogen-bond acceptors (Lipinski definition) is 4. The van der Waals surface area contributed by atoms with E-state index in [4.69, 9.17) is 5.73 Å². The number of ether oxygens (including phenoxy) is 1. The Morgan fingerprint density at radius 3 is 2.62 bits per heavy atom. The third kappa shape index (κ3) is 5.48. The second-order valence-corrected chi connectivity index (χ2v) is 2.47. The van der Waals surface area contributed by atoms with Crippen LogP contribution >= 0.6 is 0 Å². The first kappa shape index (κ1) is 12.2. The fourth-order valence-electron chi connectivity index (χ4n) is 0.886. The molecule has 0 amide bonds. The van der Waals surface area contributed by atoms with Crippen molar-refractivity contribution in [3.05, 3.63) is 0 Å². The SMILES string of the molecule is COC(=O)[C@H](CCCN)NC(F)F. The van der Waals surface area contributed by atoms with Gasteiger partial charge in [0.05, 0.1) is 7.11 Å². The molecule has 0 fully saturated rings. The fraction of sp³-hybridized carbons (Fsp3) is 0.857. The lowest BCUT2D eigenvalue weighted by Crippen LogP contribution is -2.40. The summed E-state index contributed by atoms with van der Waals surface area (Å²) in [4.78, 5) is 10.9. The topological polar surface area (TPSA) is 64.3 Å². The number of halogens is 2. The lowest BCUT2D eigenvalue weighted by atomic mass is 10.1. The number of nitrogens with one attached hydrogen (secondary N) is 1. The smallest absolute Gasteiger partial charge is 0.323 e. The maximum atomic E-state index is 11.9. The summed E-state index contributed by atoms with van der Waals surface area (Å²) in [5.41, 5.74) is 5.18. The van der Waals surface area contributed by atoms with Gasteiger partial charge in [-0.05, 0) is 19.4 Å². The van der Waals surface area contributed by atoms with E-state index in [-0.39, 0.29) is 6.42 Å². The fourth-order valence-corrected chi connectivity index (χ4v) is 0.886. The number of esters is 1. The highest BCUT2D eigenvalue weighted by atomic mass is 19.3. The monoisotopic (exact) mass is 196 g/mol. The van der Waals surface area contributed by atoms with Gasteiger partial charge in [0.15, 0.2) is 0 Å². The van der Waals surface area contributed by atoms with Crippen molar-refractivity contribution in [1.29, 1.82) is 0 Å². The van der Waals surface area contributed by atoms with E-state index in [1.807, 2.05) is 0 Å². The summed E-state index contributed by atoms with van der Waals surface area (Å²) in [6.45, 7) is -2.36. The number of alkyl halides is 2. The van der Waals surface area contributed by atoms with E-state index >= 15 is 0 Å². The molecule has 78 valence electrons. The zero-order valence-corrected chi connectivity index (χ0v) is 7.43. The van der Waals surface area contributed by atoms with E-state index in [2.05, 4.69) is 4.74 Å². The Kier molecular flexibility index (Phi) is 6.34. The molecule has 0 saturated heterocycles. The summed E-state index contributed by atoms with van der Waals surface area (Å²) in [6, 6.07) is -0.964. The molecule has 1 atom stereocenters. The van der Waals surface area contributed by atoms with Gasteiger partial charge in [-0.1, -0.05) is 0 Å². The Balaban J connectivity index is 3.94. The quantitative estimate of drug-likeness (QED) is 0.466. The van der Waals surface area contributed by atoms with Gasteiger partial charge in [0.25, 0.3) is 6.55 Å². The standard InChI is InChI=1S/C7H14F2N2O2/c1-13-6(12)5(3-2-4-10)11-7(8)9/h5,7,11H,2-4,10H2,1H3/t5-/m0/s1. The Morgan fingerprint density at radius 2 is 2.23 bits per heavy atom. The predicted octanol–water partition coefficient (Wildman–Crippen LogP) is 0.0791. The minimum absolute atomic E-state index is 0.257. The van der Waals surface area contributed by atoms with Crippen LogP contribution in [0, 0.1) is 0 Å². The molecule has 0 aliphatic carbocycles. The van der Waals surface area contributed by atoms with Gasteiger partial charge in [-0.3, -0.25) is 4.79 Å². The molecule has 3 N–H and O–H groups in total. The Bertz CT molecular complexity index is 155. The van der Waals surface area contributed by atoms with Crippen molar-refractivity contribution in [3.63, 3.8) is 0 Å². The van der Waals surface area contributed by atoms with E-state index in [1.54, 1.807) is 5.32 Å². The van der Waals surface area contributed by atoms with Crippen LogP contribution in [0.25, 0.3) is 0 Å². The summed E-state index contributed by atoms with van der Waals surface area (Å²) >= 11 is 0. The van der Waals surface area contributed by atoms with E-state index < -0.39 is 18.6 Å². The van der Waals surface area contributed by atoms with Gasteiger partial charge >= 0.3 is 5.97 Å². The van der Waals surface area contributed by atoms with Crippen LogP contribution in [0.2, 0.25) is 0 Å². The summed E-state index contributed by atoms with van der Waals surface area (Å²) in [5.74, 6) is -0.686. The number of hydrogen-bond donors (Lipinski definition) is 2. The molecule has 6 heteroatoms. The molecular formula is C7H14F2N2O2. The first-order valence-corrected chi connectivity index (χ1v) is 3.94. The average molecular weight is 196 g/mol. The second-order valence-electron chi connectivity index (χ2n) is 2.47. The average Bonchev–Trinajstić information content (AvgIpc) is 2.10. The van der Waals surface area contributed by atoms with Crippen LogP contribution in [0.5, 0.6) is 0 Å². The summed E-state index contributed by atoms with van der Waals surface area (Å²) in [7, 11) is 1.16. The third-order valence-electron chi connectivity index (χ3n) is 1.51. The molecule has 0 aliphatic heterocycles. The number of carbonyl (C=O) groups is 1. The van der Waals surface area contributed by atoms with Crippen molar-refractivity contribution >= 4 is 5.97 Å². The van der Waals surface area contributed by atoms with Gasteiger partial charge < -0.3 is 10.5 Å². The highest BCUT2D eigenvalue weighted by molar-refractivity contribution is 5.75. The largest absolute Gasteiger partial charge is 0.468 e. The van der Waals surface area contributed by atoms with Crippen LogP contribution in [0.15, 0.2) is 0 Å². The van der Waals surface area contributed by atoms with Gasteiger partial charge in [0.1, 0.15) is 6.04 Å². The second kappa shape index (κ2) is 6.73. The minimum Gasteiger partial charge on any atom is -0.468 e. The minimum atomic E-state index is -2.72. The zero-order valence-electron chi connectivity index (χ0n) is 7.43. The van der Waals surface area contributed by atoms with Crippen LogP contribution in [0.4, 0.5) is 8.78 Å². The highest BCUT2D eigenvalue weighted by Gasteiger charge is 2.21. The number of nitrogens with two attached hydrogens (primary N) is 1. The highest BCUT2D eigenvalue weighted by Crippen LogP contribution is 2.01. The van der Waals surface area contributed by atoms with Crippen molar-refractivity contribution in [3.8, 4) is 0 Å². The number of rotatable bonds is 6. The molecule has 0 unspecified atom stereocenters. The molecule has 0 bridgehead atoms. The van der Waals surface area contributed by atoms with E-state index in [0.717, 1.165) is 7.11 Å². The van der Waals surface area contributed by atoms with Gasteiger partial charge in [-0.2, -0.15) is 8.78 Å². The molecular weight excluding hydrogens is 182 g/mol. The molecule has 0 heterocycles. The molecule has 0 radical (unpaired) electrons. The number of methoxy groups -OCH3 is 1. The normalized spacial score (nSPS) is 13.0. The lowest BCUT2D eigenvalue weighted by Gasteiger charge is -2.14. The lowest BCUT2D eigenvalue weighted by molar-refractivity contribution is -0.144. The van der Waals surface area contributed by atoms with Crippen LogP contribution in [-0.2, 0) is 9.53 Å². The molecule has 0 aromatic rings. The molecule has 0 aromatic heterocycles. The van der Waals surface area contributed by atoms with Gasteiger partial charge in [0.2, 0.25) is 0 Å². The third-order valence-corrected chi connectivity index (χ3v) is 1.51. The number of carbonyl (C=O) groups excluding carboxylic acids is 1. The Labute approximate surface area is 75.4 Å². The van der Waals surface area contributed by atoms with Crippen molar-refractivity contribution in [2.75, 3.05) is 13.7 Å². The maximum absolute atomic E-state index is 11.9. The Hall–Kier alpha value is -0.750. The molecule has 0 rings (SSSR count). The van der Waals surface area contributed by atoms with E-state index in [9.17, 15) is 13.6 Å². The van der Waals surface area contributed by atoms with Gasteiger partial charge in [0, 0.05) is 0 Å². The molecule has 13 heavy (non-hydrogen) atoms. The summed E-state index contributed by atoms with van der Waals surface area (Å²) in [5, 5.41) is 1.80. The van der Waals surface area contributed by atoms with E-state index in [0.29, 0.717) is 13.0 Å². The molecule has 0 saturated carbocycles. The van der Waals surface area contributed by atoms with Crippen molar-refractivity contribution < 1.29 is 18.3 Å². The van der Waals surface area contributed by atoms with Gasteiger partial charge in [-0.15, -0.1) is 0 Å². The van der Waals surface area contributed by atoms with Crippen LogP contribution < -0.4 is 11.1 Å². The predicted molar refractivity (Wildman–Crippen MR) is 43.2 cm³/mol. The van der Waals surface area contributed by atoms with Gasteiger partial charge in [-0.25, -0.2) is 5.32 Å². The van der Waals surface area contributed by atoms with Crippen molar-refractivity contribution in [2.24, 2.45) is 5.73 Å². The molecule has 0 aromatic carbocycles. The molecule has 0 aliphatic rings. The van der Waals surface area contributed by atoms with Crippen LogP contribution in [0.3, 0.4) is 0 Å². The van der Waals surface area contributed by atoms with Crippen molar-refractivity contribution in [2.45, 2.75) is 25.4 Å². The van der Waals surface area contributed by atoms with Crippen LogP contribution in [-0.4, -0.2) is 32.2 Å². The summed E-state index contributed by atoms with van der Waals surface area (Å²) < 4.78 is 28.1. The van der Waals surface area contributed by atoms with Crippen LogP contribution in [0.1, 0.15) is 12.8 Å². The first-order valence-electron chi connectivity index (χ1n) is 3.94. The zero-order chi connectivity index (χ0) is 10.3.